The van der Waals surface area contributed by atoms with Gasteiger partial charge in [-0.25, -0.2) is 4.79 Å². The number of nitrogens with one attached hydrogen (secondary N) is 2. The number of carbonyl (C=O) groups is 3. The molecule has 0 spiro atoms. The lowest BCUT2D eigenvalue weighted by Gasteiger charge is -2.17. The van der Waals surface area contributed by atoms with Crippen LogP contribution in [0.2, 0.25) is 0 Å². The lowest BCUT2D eigenvalue weighted by Crippen LogP contribution is -2.21. The van der Waals surface area contributed by atoms with Gasteiger partial charge in [0.25, 0.3) is 5.91 Å². The first-order valence-corrected chi connectivity index (χ1v) is 7.70. The Morgan fingerprint density at radius 3 is 2.80 bits per heavy atom. The molecule has 0 atom stereocenters. The number of anilines is 2. The first-order valence-electron chi connectivity index (χ1n) is 7.70. The first-order chi connectivity index (χ1) is 12.0. The summed E-state index contributed by atoms with van der Waals surface area (Å²) in [6, 6.07) is 11.2. The Morgan fingerprint density at radius 1 is 1.16 bits per heavy atom. The highest BCUT2D eigenvalue weighted by Crippen LogP contribution is 2.27. The number of aryl methyl sites for hydroxylation is 1. The number of ether oxygens (including phenoxy) is 1. The van der Waals surface area contributed by atoms with Gasteiger partial charge in [-0.1, -0.05) is 12.1 Å². The van der Waals surface area contributed by atoms with Crippen LogP contribution in [0.25, 0.3) is 0 Å². The molecule has 0 aromatic heterocycles. The fourth-order valence-electron chi connectivity index (χ4n) is 2.52. The smallest absolute Gasteiger partial charge is 0.335 e. The quantitative estimate of drug-likeness (QED) is 0.774. The third-order valence-electron chi connectivity index (χ3n) is 3.74. The number of carboxylic acid groups (broad SMARTS) is 1. The molecule has 0 aliphatic carbocycles. The van der Waals surface area contributed by atoms with E-state index in [1.807, 2.05) is 6.07 Å². The van der Waals surface area contributed by atoms with Crippen LogP contribution in [-0.4, -0.2) is 29.5 Å². The Bertz CT molecular complexity index is 847. The fourth-order valence-corrected chi connectivity index (χ4v) is 2.52. The normalized spacial score (nSPS) is 12.7. The van der Waals surface area contributed by atoms with E-state index in [9.17, 15) is 14.4 Å². The Morgan fingerprint density at radius 2 is 2.00 bits per heavy atom. The molecular formula is C18H16N2O5. The molecule has 25 heavy (non-hydrogen) atoms. The summed E-state index contributed by atoms with van der Waals surface area (Å²) in [6.07, 6.45) is 1.15. The van der Waals surface area contributed by atoms with Crippen molar-refractivity contribution in [3.63, 3.8) is 0 Å². The minimum absolute atomic E-state index is 0.0410. The molecule has 2 aromatic carbocycles. The molecule has 1 aliphatic rings. The number of carboxylic acids is 1. The van der Waals surface area contributed by atoms with Crippen LogP contribution < -0.4 is 15.4 Å². The minimum atomic E-state index is -1.07. The molecule has 7 nitrogen and oxygen atoms in total. The number of amides is 2. The SMILES string of the molecule is O=C(COc1ccc2c(c1)NC(=O)CC2)Nc1cccc(C(=O)O)c1. The van der Waals surface area contributed by atoms with E-state index in [-0.39, 0.29) is 18.1 Å². The fraction of sp³-hybridized carbons (Fsp3) is 0.167. The Kier molecular flexibility index (Phi) is 4.65. The lowest BCUT2D eigenvalue weighted by atomic mass is 10.0. The summed E-state index contributed by atoms with van der Waals surface area (Å²) in [5, 5.41) is 14.3. The molecule has 0 unspecified atom stereocenters. The number of benzene rings is 2. The third kappa shape index (κ3) is 4.14. The van der Waals surface area contributed by atoms with E-state index in [0.29, 0.717) is 30.0 Å². The molecule has 0 saturated heterocycles. The molecule has 1 aliphatic heterocycles. The maximum atomic E-state index is 12.0. The summed E-state index contributed by atoms with van der Waals surface area (Å²) in [5.74, 6) is -1.05. The van der Waals surface area contributed by atoms with E-state index >= 15 is 0 Å². The van der Waals surface area contributed by atoms with Gasteiger partial charge in [0.2, 0.25) is 5.91 Å². The topological polar surface area (TPSA) is 105 Å². The average Bonchev–Trinajstić information content (AvgIpc) is 2.59. The molecular weight excluding hydrogens is 324 g/mol. The molecule has 3 rings (SSSR count). The first kappa shape index (κ1) is 16.5. The van der Waals surface area contributed by atoms with E-state index in [2.05, 4.69) is 10.6 Å². The van der Waals surface area contributed by atoms with Gasteiger partial charge in [0.1, 0.15) is 5.75 Å². The zero-order valence-corrected chi connectivity index (χ0v) is 13.2. The van der Waals surface area contributed by atoms with Crippen LogP contribution in [0.3, 0.4) is 0 Å². The summed E-state index contributed by atoms with van der Waals surface area (Å²) in [6.45, 7) is -0.232. The van der Waals surface area contributed by atoms with Crippen LogP contribution in [0.4, 0.5) is 11.4 Å². The summed E-state index contributed by atoms with van der Waals surface area (Å²) in [7, 11) is 0. The Balaban J connectivity index is 1.59. The van der Waals surface area contributed by atoms with Crippen molar-refractivity contribution in [3.8, 4) is 5.75 Å². The molecule has 0 bridgehead atoms. The summed E-state index contributed by atoms with van der Waals surface area (Å²) >= 11 is 0. The second-order valence-electron chi connectivity index (χ2n) is 5.59. The van der Waals surface area contributed by atoms with E-state index in [4.69, 9.17) is 9.84 Å². The monoisotopic (exact) mass is 340 g/mol. The second-order valence-corrected chi connectivity index (χ2v) is 5.59. The van der Waals surface area contributed by atoms with Crippen molar-refractivity contribution in [1.29, 1.82) is 0 Å². The number of carbonyl (C=O) groups excluding carboxylic acids is 2. The molecule has 0 saturated carbocycles. The van der Waals surface area contributed by atoms with Crippen molar-refractivity contribution in [1.82, 2.24) is 0 Å². The number of fused-ring (bicyclic) bond motifs is 1. The highest BCUT2D eigenvalue weighted by atomic mass is 16.5. The average molecular weight is 340 g/mol. The number of rotatable bonds is 5. The van der Waals surface area contributed by atoms with E-state index < -0.39 is 11.9 Å². The van der Waals surface area contributed by atoms with E-state index in [1.165, 1.54) is 12.1 Å². The van der Waals surface area contributed by atoms with Gasteiger partial charge < -0.3 is 20.5 Å². The van der Waals surface area contributed by atoms with Crippen LogP contribution >= 0.6 is 0 Å². The Hall–Kier alpha value is -3.35. The largest absolute Gasteiger partial charge is 0.484 e. The Labute approximate surface area is 143 Å². The standard InChI is InChI=1S/C18H16N2O5/c21-16-7-5-11-4-6-14(9-15(11)20-16)25-10-17(22)19-13-3-1-2-12(8-13)18(23)24/h1-4,6,8-9H,5,7,10H2,(H,19,22)(H,20,21)(H,23,24). The third-order valence-corrected chi connectivity index (χ3v) is 3.74. The van der Waals surface area contributed by atoms with Crippen LogP contribution in [0, 0.1) is 0 Å². The van der Waals surface area contributed by atoms with Gasteiger partial charge in [0.15, 0.2) is 6.61 Å². The van der Waals surface area contributed by atoms with Gasteiger partial charge in [0, 0.05) is 23.9 Å². The van der Waals surface area contributed by atoms with Crippen LogP contribution in [0.5, 0.6) is 5.75 Å². The summed E-state index contributed by atoms with van der Waals surface area (Å²) in [5.41, 5.74) is 2.19. The predicted molar refractivity (Wildman–Crippen MR) is 90.9 cm³/mol. The van der Waals surface area contributed by atoms with Gasteiger partial charge in [-0.2, -0.15) is 0 Å². The number of hydrogen-bond donors (Lipinski definition) is 3. The lowest BCUT2D eigenvalue weighted by molar-refractivity contribution is -0.118. The van der Waals surface area contributed by atoms with E-state index in [1.54, 1.807) is 24.3 Å². The van der Waals surface area contributed by atoms with E-state index in [0.717, 1.165) is 5.56 Å². The molecule has 7 heteroatoms. The van der Waals surface area contributed by atoms with Crippen molar-refractivity contribution >= 4 is 29.2 Å². The summed E-state index contributed by atoms with van der Waals surface area (Å²) in [4.78, 5) is 34.3. The number of hydrogen-bond acceptors (Lipinski definition) is 4. The van der Waals surface area contributed by atoms with Gasteiger partial charge >= 0.3 is 5.97 Å². The molecule has 3 N–H and O–H groups in total. The van der Waals surface area contributed by atoms with Crippen molar-refractivity contribution in [2.24, 2.45) is 0 Å². The number of aromatic carboxylic acids is 1. The van der Waals surface area contributed by atoms with Crippen LogP contribution in [0.15, 0.2) is 42.5 Å². The highest BCUT2D eigenvalue weighted by molar-refractivity contribution is 5.95. The molecule has 0 radical (unpaired) electrons. The van der Waals surface area contributed by atoms with Crippen molar-refractivity contribution in [2.75, 3.05) is 17.2 Å². The van der Waals surface area contributed by atoms with Gasteiger partial charge in [-0.3, -0.25) is 9.59 Å². The van der Waals surface area contributed by atoms with Crippen molar-refractivity contribution < 1.29 is 24.2 Å². The highest BCUT2D eigenvalue weighted by Gasteiger charge is 2.15. The van der Waals surface area contributed by atoms with Crippen molar-refractivity contribution in [3.05, 3.63) is 53.6 Å². The molecule has 1 heterocycles. The molecule has 2 aromatic rings. The van der Waals surface area contributed by atoms with Crippen molar-refractivity contribution in [2.45, 2.75) is 12.8 Å². The second kappa shape index (κ2) is 7.04. The molecule has 2 amide bonds. The maximum Gasteiger partial charge on any atom is 0.335 e. The molecule has 0 fully saturated rings. The van der Waals surface area contributed by atoms with Gasteiger partial charge in [-0.05, 0) is 36.2 Å². The van der Waals surface area contributed by atoms with Gasteiger partial charge in [-0.15, -0.1) is 0 Å². The van der Waals surface area contributed by atoms with Crippen LogP contribution in [0.1, 0.15) is 22.3 Å². The predicted octanol–water partition coefficient (Wildman–Crippen LogP) is 2.29. The summed E-state index contributed by atoms with van der Waals surface area (Å²) < 4.78 is 5.44. The minimum Gasteiger partial charge on any atom is -0.484 e. The molecule has 128 valence electrons. The maximum absolute atomic E-state index is 12.0. The van der Waals surface area contributed by atoms with Gasteiger partial charge in [0.05, 0.1) is 5.56 Å². The zero-order valence-electron chi connectivity index (χ0n) is 13.2. The van der Waals surface area contributed by atoms with Crippen LogP contribution in [-0.2, 0) is 16.0 Å². The zero-order chi connectivity index (χ0) is 17.8.